The molecule has 4 N–H and O–H groups in total. The third-order valence-electron chi connectivity index (χ3n) is 1.55. The van der Waals surface area contributed by atoms with Gasteiger partial charge in [0.2, 0.25) is 0 Å². The minimum absolute atomic E-state index is 0.0849. The van der Waals surface area contributed by atoms with Crippen LogP contribution >= 0.6 is 11.8 Å². The van der Waals surface area contributed by atoms with Gasteiger partial charge >= 0.3 is 0 Å². The topological polar surface area (TPSA) is 104 Å². The predicted molar refractivity (Wildman–Crippen MR) is 48.0 cm³/mol. The normalized spacial score (nSPS) is 33.4. The summed E-state index contributed by atoms with van der Waals surface area (Å²) in [4.78, 5) is 0. The van der Waals surface area contributed by atoms with Crippen molar-refractivity contribution < 1.29 is 13.5 Å². The van der Waals surface area contributed by atoms with E-state index < -0.39 is 21.2 Å². The minimum atomic E-state index is -3.11. The van der Waals surface area contributed by atoms with Crippen LogP contribution in [0, 0.1) is 5.41 Å². The molecule has 1 aliphatic heterocycles. The van der Waals surface area contributed by atoms with Crippen molar-refractivity contribution in [1.29, 1.82) is 5.41 Å². The zero-order valence-corrected chi connectivity index (χ0v) is 7.86. The molecule has 12 heavy (non-hydrogen) atoms. The van der Waals surface area contributed by atoms with E-state index in [0.29, 0.717) is 0 Å². The van der Waals surface area contributed by atoms with Gasteiger partial charge in [0.1, 0.15) is 0 Å². The number of hydrogen-bond donors (Lipinski definition) is 3. The molecule has 0 aromatic carbocycles. The van der Waals surface area contributed by atoms with Gasteiger partial charge in [-0.2, -0.15) is 0 Å². The highest BCUT2D eigenvalue weighted by molar-refractivity contribution is 8.14. The number of sulfone groups is 1. The van der Waals surface area contributed by atoms with Crippen molar-refractivity contribution in [3.63, 3.8) is 0 Å². The molecule has 0 aromatic heterocycles. The molecule has 1 saturated heterocycles. The first-order valence-corrected chi connectivity index (χ1v) is 6.00. The molecule has 1 rings (SSSR count). The number of amidine groups is 1. The lowest BCUT2D eigenvalue weighted by Gasteiger charge is -2.09. The number of hydrogen-bond acceptors (Lipinski definition) is 5. The van der Waals surface area contributed by atoms with Crippen LogP contribution in [-0.2, 0) is 9.84 Å². The van der Waals surface area contributed by atoms with E-state index in [1.807, 2.05) is 0 Å². The van der Waals surface area contributed by atoms with Crippen LogP contribution in [0.25, 0.3) is 0 Å². The molecule has 7 heteroatoms. The Morgan fingerprint density at radius 2 is 2.17 bits per heavy atom. The summed E-state index contributed by atoms with van der Waals surface area (Å²) in [6.45, 7) is 0. The van der Waals surface area contributed by atoms with Crippen molar-refractivity contribution in [2.45, 2.75) is 11.4 Å². The Labute approximate surface area is 74.8 Å². The Bertz CT molecular complexity index is 287. The lowest BCUT2D eigenvalue weighted by Crippen LogP contribution is -2.23. The van der Waals surface area contributed by atoms with Crippen molar-refractivity contribution in [2.75, 3.05) is 11.5 Å². The summed E-state index contributed by atoms with van der Waals surface area (Å²) in [5.41, 5.74) is 5.06. The van der Waals surface area contributed by atoms with E-state index in [0.717, 1.165) is 11.8 Å². The molecular weight excluding hydrogens is 200 g/mol. The molecule has 1 heterocycles. The SMILES string of the molecule is N=C(N)S[C@@H]1CS(=O)(=O)C[C@@H]1O. The summed E-state index contributed by atoms with van der Waals surface area (Å²) in [6, 6.07) is 0. The van der Waals surface area contributed by atoms with Crippen molar-refractivity contribution in [3.05, 3.63) is 0 Å². The number of nitrogens with two attached hydrogens (primary N) is 1. The third kappa shape index (κ3) is 2.36. The highest BCUT2D eigenvalue weighted by atomic mass is 32.2. The average molecular weight is 210 g/mol. The van der Waals surface area contributed by atoms with Gasteiger partial charge in [0, 0.05) is 0 Å². The van der Waals surface area contributed by atoms with Gasteiger partial charge in [0.25, 0.3) is 0 Å². The molecule has 0 aromatic rings. The van der Waals surface area contributed by atoms with E-state index in [1.165, 1.54) is 0 Å². The highest BCUT2D eigenvalue weighted by Gasteiger charge is 2.37. The number of thioether (sulfide) groups is 1. The largest absolute Gasteiger partial charge is 0.391 e. The van der Waals surface area contributed by atoms with Gasteiger partial charge in [-0.15, -0.1) is 0 Å². The number of aliphatic hydroxyl groups is 1. The Balaban J connectivity index is 2.64. The van der Waals surface area contributed by atoms with Gasteiger partial charge in [0.05, 0.1) is 22.9 Å². The monoisotopic (exact) mass is 210 g/mol. The molecule has 0 amide bonds. The molecule has 0 radical (unpaired) electrons. The Hall–Kier alpha value is -0.270. The fourth-order valence-electron chi connectivity index (χ4n) is 1.07. The van der Waals surface area contributed by atoms with Crippen LogP contribution < -0.4 is 5.73 Å². The molecule has 2 atom stereocenters. The quantitative estimate of drug-likeness (QED) is 0.371. The summed E-state index contributed by atoms with van der Waals surface area (Å²) in [5.74, 6) is -0.295. The summed E-state index contributed by atoms with van der Waals surface area (Å²) in [5, 5.41) is 15.5. The molecule has 1 aliphatic rings. The second kappa shape index (κ2) is 3.23. The fourth-order valence-corrected chi connectivity index (χ4v) is 4.28. The van der Waals surface area contributed by atoms with Gasteiger partial charge in [-0.05, 0) is 0 Å². The Morgan fingerprint density at radius 1 is 1.58 bits per heavy atom. The highest BCUT2D eigenvalue weighted by Crippen LogP contribution is 2.24. The van der Waals surface area contributed by atoms with E-state index in [9.17, 15) is 13.5 Å². The van der Waals surface area contributed by atoms with Crippen LogP contribution in [-0.4, -0.2) is 41.6 Å². The summed E-state index contributed by atoms with van der Waals surface area (Å²) in [7, 11) is -3.11. The van der Waals surface area contributed by atoms with Crippen LogP contribution in [0.15, 0.2) is 0 Å². The average Bonchev–Trinajstić information content (AvgIpc) is 2.03. The standard InChI is InChI=1S/C5H10N2O3S2/c6-5(7)11-4-2-12(9,10)1-3(4)8/h3-4,8H,1-2H2,(H3,6,7)/t3-,4+/m0/s1. The maximum atomic E-state index is 10.9. The number of rotatable bonds is 1. The van der Waals surface area contributed by atoms with Crippen molar-refractivity contribution >= 4 is 26.8 Å². The molecule has 0 unspecified atom stereocenters. The van der Waals surface area contributed by atoms with E-state index in [2.05, 4.69) is 0 Å². The summed E-state index contributed by atoms with van der Waals surface area (Å²) in [6.07, 6.45) is -0.885. The van der Waals surface area contributed by atoms with Crippen LogP contribution in [0.5, 0.6) is 0 Å². The minimum Gasteiger partial charge on any atom is -0.391 e. The van der Waals surface area contributed by atoms with Crippen LogP contribution in [0.4, 0.5) is 0 Å². The first-order valence-electron chi connectivity index (χ1n) is 3.30. The lowest BCUT2D eigenvalue weighted by atomic mass is 10.3. The van der Waals surface area contributed by atoms with Crippen molar-refractivity contribution in [1.82, 2.24) is 0 Å². The second-order valence-corrected chi connectivity index (χ2v) is 6.10. The van der Waals surface area contributed by atoms with Gasteiger partial charge in [-0.25, -0.2) is 8.42 Å². The smallest absolute Gasteiger partial charge is 0.154 e. The van der Waals surface area contributed by atoms with E-state index in [1.54, 1.807) is 0 Å². The molecule has 0 bridgehead atoms. The van der Waals surface area contributed by atoms with Crippen LogP contribution in [0.3, 0.4) is 0 Å². The molecule has 0 saturated carbocycles. The maximum absolute atomic E-state index is 10.9. The lowest BCUT2D eigenvalue weighted by molar-refractivity contribution is 0.208. The van der Waals surface area contributed by atoms with E-state index in [4.69, 9.17) is 11.1 Å². The Morgan fingerprint density at radius 3 is 2.50 bits per heavy atom. The second-order valence-electron chi connectivity index (χ2n) is 2.66. The Kier molecular flexibility index (Phi) is 2.64. The molecular formula is C5H10N2O3S2. The zero-order valence-electron chi connectivity index (χ0n) is 6.23. The third-order valence-corrected chi connectivity index (χ3v) is 4.52. The van der Waals surface area contributed by atoms with Crippen LogP contribution in [0.2, 0.25) is 0 Å². The zero-order chi connectivity index (χ0) is 9.35. The molecule has 5 nitrogen and oxygen atoms in total. The van der Waals surface area contributed by atoms with Crippen molar-refractivity contribution in [2.24, 2.45) is 5.73 Å². The van der Waals surface area contributed by atoms with E-state index in [-0.39, 0.29) is 16.7 Å². The molecule has 0 aliphatic carbocycles. The molecule has 70 valence electrons. The fraction of sp³-hybridized carbons (Fsp3) is 0.800. The summed E-state index contributed by atoms with van der Waals surface area (Å²) >= 11 is 0.904. The van der Waals surface area contributed by atoms with Gasteiger partial charge in [0.15, 0.2) is 15.0 Å². The summed E-state index contributed by atoms with van der Waals surface area (Å²) < 4.78 is 21.9. The maximum Gasteiger partial charge on any atom is 0.154 e. The predicted octanol–water partition coefficient (Wildman–Crippen LogP) is -1.23. The van der Waals surface area contributed by atoms with Gasteiger partial charge in [-0.3, -0.25) is 5.41 Å². The first kappa shape index (κ1) is 9.82. The number of nitrogens with one attached hydrogen (secondary N) is 1. The molecule has 0 spiro atoms. The first-order chi connectivity index (χ1) is 5.41. The number of aliphatic hydroxyl groups excluding tert-OH is 1. The molecule has 1 fully saturated rings. The van der Waals surface area contributed by atoms with Crippen LogP contribution in [0.1, 0.15) is 0 Å². The van der Waals surface area contributed by atoms with Gasteiger partial charge in [-0.1, -0.05) is 11.8 Å². The van der Waals surface area contributed by atoms with Gasteiger partial charge < -0.3 is 10.8 Å². The van der Waals surface area contributed by atoms with Crippen molar-refractivity contribution in [3.8, 4) is 0 Å². The van der Waals surface area contributed by atoms with E-state index >= 15 is 0 Å².